The number of rotatable bonds is 2. The van der Waals surface area contributed by atoms with E-state index >= 15 is 4.39 Å². The molecule has 0 radical (unpaired) electrons. The molecule has 3 N–H and O–H groups in total. The quantitative estimate of drug-likeness (QED) is 0.413. The number of pyridine rings is 2. The van der Waals surface area contributed by atoms with Gasteiger partial charge >= 0.3 is 0 Å². The number of halogens is 1. The highest BCUT2D eigenvalue weighted by Crippen LogP contribution is 2.41. The van der Waals surface area contributed by atoms with Gasteiger partial charge < -0.3 is 20.4 Å². The predicted molar refractivity (Wildman–Crippen MR) is 121 cm³/mol. The minimum absolute atomic E-state index is 0.185. The summed E-state index contributed by atoms with van der Waals surface area (Å²) in [5.41, 5.74) is 6.60. The number of ether oxygens (including phenoxy) is 1. The predicted octanol–water partition coefficient (Wildman–Crippen LogP) is 4.37. The lowest BCUT2D eigenvalue weighted by molar-refractivity contribution is -0.110. The lowest BCUT2D eigenvalue weighted by atomic mass is 9.96. The van der Waals surface area contributed by atoms with Crippen LogP contribution in [0.1, 0.15) is 16.8 Å². The lowest BCUT2D eigenvalue weighted by Crippen LogP contribution is -2.20. The van der Waals surface area contributed by atoms with Crippen molar-refractivity contribution in [3.05, 3.63) is 65.4 Å². The summed E-state index contributed by atoms with van der Waals surface area (Å²) in [5.74, 6) is -0.295. The molecule has 32 heavy (non-hydrogen) atoms. The second-order valence-electron chi connectivity index (χ2n) is 7.81. The number of amides is 1. The number of carbonyl (C=O) groups is 1. The number of nitrogens with one attached hydrogen (secondary N) is 3. The SMILES string of the molecule is Cc1c(-c2cc(F)c3c(c2)C(=Cc2cc4ncccc4[nH]2)C(=O)N3)cnc2c1NCCO2. The van der Waals surface area contributed by atoms with Crippen molar-refractivity contribution in [2.24, 2.45) is 0 Å². The van der Waals surface area contributed by atoms with Gasteiger partial charge in [-0.3, -0.25) is 9.78 Å². The summed E-state index contributed by atoms with van der Waals surface area (Å²) in [6, 6.07) is 8.85. The highest BCUT2D eigenvalue weighted by molar-refractivity contribution is 6.35. The molecule has 2 aliphatic rings. The molecule has 158 valence electrons. The van der Waals surface area contributed by atoms with Gasteiger partial charge in [-0.15, -0.1) is 0 Å². The summed E-state index contributed by atoms with van der Waals surface area (Å²) in [4.78, 5) is 24.6. The number of fused-ring (bicyclic) bond motifs is 3. The number of aromatic nitrogens is 3. The first-order chi connectivity index (χ1) is 15.6. The Balaban J connectivity index is 1.48. The van der Waals surface area contributed by atoms with Crippen molar-refractivity contribution in [3.63, 3.8) is 0 Å². The molecule has 0 fully saturated rings. The van der Waals surface area contributed by atoms with E-state index in [0.29, 0.717) is 35.7 Å². The van der Waals surface area contributed by atoms with Crippen molar-refractivity contribution < 1.29 is 13.9 Å². The second kappa shape index (κ2) is 6.91. The molecule has 0 unspecified atom stereocenters. The van der Waals surface area contributed by atoms with Crippen LogP contribution in [0.25, 0.3) is 33.8 Å². The van der Waals surface area contributed by atoms with Gasteiger partial charge in [-0.1, -0.05) is 0 Å². The summed E-state index contributed by atoms with van der Waals surface area (Å²) in [5, 5.41) is 5.95. The molecule has 0 saturated carbocycles. The van der Waals surface area contributed by atoms with Gasteiger partial charge in [0.25, 0.3) is 5.91 Å². The molecule has 2 aliphatic heterocycles. The van der Waals surface area contributed by atoms with Crippen LogP contribution in [0.5, 0.6) is 5.88 Å². The minimum Gasteiger partial charge on any atom is -0.474 e. The molecular weight excluding hydrogens is 409 g/mol. The van der Waals surface area contributed by atoms with Crippen LogP contribution in [0, 0.1) is 12.7 Å². The first kappa shape index (κ1) is 18.6. The number of H-pyrrole nitrogens is 1. The largest absolute Gasteiger partial charge is 0.474 e. The Labute approximate surface area is 182 Å². The van der Waals surface area contributed by atoms with Crippen LogP contribution in [-0.2, 0) is 4.79 Å². The normalized spacial score (nSPS) is 15.8. The Bertz CT molecular complexity index is 1420. The Hall–Kier alpha value is -4.20. The average molecular weight is 427 g/mol. The van der Waals surface area contributed by atoms with E-state index in [4.69, 9.17) is 4.74 Å². The number of aromatic amines is 1. The third kappa shape index (κ3) is 2.84. The maximum atomic E-state index is 15.0. The van der Waals surface area contributed by atoms with Crippen molar-refractivity contribution in [1.29, 1.82) is 0 Å². The van der Waals surface area contributed by atoms with Gasteiger partial charge in [0.05, 0.1) is 22.3 Å². The second-order valence-corrected chi connectivity index (χ2v) is 7.81. The lowest BCUT2D eigenvalue weighted by Gasteiger charge is -2.21. The highest BCUT2D eigenvalue weighted by Gasteiger charge is 2.29. The van der Waals surface area contributed by atoms with Crippen molar-refractivity contribution in [2.45, 2.75) is 6.92 Å². The third-order valence-corrected chi connectivity index (χ3v) is 5.83. The van der Waals surface area contributed by atoms with E-state index in [1.54, 1.807) is 18.5 Å². The standard InChI is InChI=1S/C24H18FN5O2/c1-12-17(11-28-24-21(12)27-5-6-32-24)13-7-15-16(23(31)30-22(15)18(25)8-13)9-14-10-20-19(29-14)3-2-4-26-20/h2-4,7-11,27,29H,5-6H2,1H3,(H,30,31). The molecule has 0 aliphatic carbocycles. The fraction of sp³-hybridized carbons (Fsp3) is 0.125. The molecule has 3 aromatic heterocycles. The van der Waals surface area contributed by atoms with E-state index in [2.05, 4.69) is 25.6 Å². The Kier molecular flexibility index (Phi) is 4.01. The Morgan fingerprint density at radius 1 is 1.16 bits per heavy atom. The van der Waals surface area contributed by atoms with Gasteiger partial charge in [0, 0.05) is 35.8 Å². The van der Waals surface area contributed by atoms with Crippen LogP contribution in [0.2, 0.25) is 0 Å². The van der Waals surface area contributed by atoms with E-state index in [1.807, 2.05) is 31.2 Å². The van der Waals surface area contributed by atoms with E-state index < -0.39 is 5.82 Å². The zero-order valence-electron chi connectivity index (χ0n) is 17.1. The summed E-state index contributed by atoms with van der Waals surface area (Å²) in [6.07, 6.45) is 5.11. The van der Waals surface area contributed by atoms with Crippen molar-refractivity contribution >= 4 is 40.0 Å². The van der Waals surface area contributed by atoms with Crippen LogP contribution in [0.15, 0.2) is 42.7 Å². The third-order valence-electron chi connectivity index (χ3n) is 5.83. The number of hydrogen-bond donors (Lipinski definition) is 3. The topological polar surface area (TPSA) is 91.9 Å². The van der Waals surface area contributed by atoms with Gasteiger partial charge in [-0.2, -0.15) is 0 Å². The molecule has 1 amide bonds. The van der Waals surface area contributed by atoms with Gasteiger partial charge in [-0.25, -0.2) is 9.37 Å². The minimum atomic E-state index is -0.492. The molecule has 0 spiro atoms. The molecule has 7 nitrogen and oxygen atoms in total. The van der Waals surface area contributed by atoms with Gasteiger partial charge in [0.2, 0.25) is 5.88 Å². The van der Waals surface area contributed by atoms with Gasteiger partial charge in [0.1, 0.15) is 18.1 Å². The van der Waals surface area contributed by atoms with Crippen molar-refractivity contribution in [2.75, 3.05) is 23.8 Å². The monoisotopic (exact) mass is 427 g/mol. The number of benzene rings is 1. The van der Waals surface area contributed by atoms with E-state index in [1.165, 1.54) is 6.07 Å². The first-order valence-corrected chi connectivity index (χ1v) is 10.3. The average Bonchev–Trinajstić information content (AvgIpc) is 3.35. The molecule has 0 saturated heterocycles. The van der Waals surface area contributed by atoms with Gasteiger partial charge in [-0.05, 0) is 54.5 Å². The Morgan fingerprint density at radius 3 is 2.94 bits per heavy atom. The van der Waals surface area contributed by atoms with Gasteiger partial charge in [0.15, 0.2) is 0 Å². The van der Waals surface area contributed by atoms with Crippen molar-refractivity contribution in [1.82, 2.24) is 15.0 Å². The maximum Gasteiger partial charge on any atom is 0.256 e. The summed E-state index contributed by atoms with van der Waals surface area (Å²) < 4.78 is 20.6. The molecule has 0 bridgehead atoms. The zero-order chi connectivity index (χ0) is 21.8. The first-order valence-electron chi connectivity index (χ1n) is 10.3. The van der Waals surface area contributed by atoms with Crippen LogP contribution in [0.4, 0.5) is 15.8 Å². The number of nitrogens with zero attached hydrogens (tertiary/aromatic N) is 2. The molecule has 5 heterocycles. The smallest absolute Gasteiger partial charge is 0.256 e. The number of hydrogen-bond acceptors (Lipinski definition) is 5. The highest BCUT2D eigenvalue weighted by atomic mass is 19.1. The van der Waals surface area contributed by atoms with Crippen LogP contribution >= 0.6 is 0 Å². The maximum absolute atomic E-state index is 15.0. The van der Waals surface area contributed by atoms with Crippen LogP contribution in [0.3, 0.4) is 0 Å². The summed E-state index contributed by atoms with van der Waals surface area (Å²) in [6.45, 7) is 3.18. The fourth-order valence-electron chi connectivity index (χ4n) is 4.27. The van der Waals surface area contributed by atoms with E-state index in [9.17, 15) is 4.79 Å². The van der Waals surface area contributed by atoms with Crippen LogP contribution < -0.4 is 15.4 Å². The van der Waals surface area contributed by atoms with Crippen LogP contribution in [-0.4, -0.2) is 34.0 Å². The fourth-order valence-corrected chi connectivity index (χ4v) is 4.27. The summed E-state index contributed by atoms with van der Waals surface area (Å²) in [7, 11) is 0. The molecule has 1 aromatic carbocycles. The number of anilines is 2. The molecule has 6 rings (SSSR count). The zero-order valence-corrected chi connectivity index (χ0v) is 17.1. The summed E-state index contributed by atoms with van der Waals surface area (Å²) >= 11 is 0. The number of carbonyl (C=O) groups excluding carboxylic acids is 1. The molecule has 0 atom stereocenters. The molecule has 8 heteroatoms. The Morgan fingerprint density at radius 2 is 2.06 bits per heavy atom. The van der Waals surface area contributed by atoms with E-state index in [-0.39, 0.29) is 11.6 Å². The molecule has 4 aromatic rings. The van der Waals surface area contributed by atoms with Crippen molar-refractivity contribution in [3.8, 4) is 17.0 Å². The van der Waals surface area contributed by atoms with E-state index in [0.717, 1.165) is 33.5 Å². The molecular formula is C24H18FN5O2.